The Bertz CT molecular complexity index is 149. The zero-order valence-electron chi connectivity index (χ0n) is 8.23. The van der Waals surface area contributed by atoms with Crippen LogP contribution in [0.5, 0.6) is 0 Å². The molecule has 0 fully saturated rings. The Kier molecular flexibility index (Phi) is 18.9. The molecule has 0 bridgehead atoms. The number of carboxylic acid groups (broad SMARTS) is 1. The van der Waals surface area contributed by atoms with Crippen molar-refractivity contribution in [2.24, 2.45) is 0 Å². The Balaban J connectivity index is -0.000000150. The van der Waals surface area contributed by atoms with Crippen LogP contribution in [0.25, 0.3) is 0 Å². The van der Waals surface area contributed by atoms with Crippen molar-refractivity contribution in [3.8, 4) is 0 Å². The van der Waals surface area contributed by atoms with E-state index in [1.807, 2.05) is 0 Å². The Hall–Kier alpha value is 0.704. The fraction of sp³-hybridized carbons (Fsp3) is 0.500. The van der Waals surface area contributed by atoms with Gasteiger partial charge in [-0.1, -0.05) is 21.5 Å². The maximum absolute atomic E-state index is 9.00. The van der Waals surface area contributed by atoms with Gasteiger partial charge in [0, 0.05) is 52.7 Å². The zero-order chi connectivity index (χ0) is 8.69. The molecule has 5 heteroatoms. The van der Waals surface area contributed by atoms with Gasteiger partial charge in [0.2, 0.25) is 0 Å². The van der Waals surface area contributed by atoms with Crippen LogP contribution in [0.3, 0.4) is 0 Å². The zero-order valence-corrected chi connectivity index (χ0v) is 12.2. The summed E-state index contributed by atoms with van der Waals surface area (Å²) in [5.74, 6) is -0.833. The Labute approximate surface area is 108 Å². The topological polar surface area (TPSA) is 40.5 Å². The average Bonchev–Trinajstić information content (AvgIpc) is 1.87. The van der Waals surface area contributed by atoms with Crippen molar-refractivity contribution >= 4 is 15.4 Å². The first-order valence-electron chi connectivity index (χ1n) is 3.47. The molecule has 75 valence electrons. The smallest absolute Gasteiger partial charge is 0.300 e. The summed E-state index contributed by atoms with van der Waals surface area (Å²) in [6, 6.07) is 0. The summed E-state index contributed by atoms with van der Waals surface area (Å²) in [7, 11) is 2.69. The van der Waals surface area contributed by atoms with Crippen molar-refractivity contribution in [2.75, 3.05) is 13.1 Å². The summed E-state index contributed by atoms with van der Waals surface area (Å²) >= 11 is 0. The van der Waals surface area contributed by atoms with E-state index in [9.17, 15) is 0 Å². The summed E-state index contributed by atoms with van der Waals surface area (Å²) < 4.78 is 2.22. The molecule has 1 unspecified atom stereocenters. The number of aliphatic carboxylic acids is 1. The van der Waals surface area contributed by atoms with Crippen molar-refractivity contribution in [1.29, 1.82) is 0 Å². The monoisotopic (exact) mass is 279 g/mol. The first kappa shape index (κ1) is 19.3. The van der Waals surface area contributed by atoms with Gasteiger partial charge < -0.3 is 12.5 Å². The van der Waals surface area contributed by atoms with E-state index in [0.717, 1.165) is 13.5 Å². The number of rotatable bonds is 0. The second kappa shape index (κ2) is 12.7. The van der Waals surface area contributed by atoms with E-state index in [0.29, 0.717) is 0 Å². The summed E-state index contributed by atoms with van der Waals surface area (Å²) in [6.07, 6.45) is 5.63. The summed E-state index contributed by atoms with van der Waals surface area (Å²) in [5, 5.41) is 7.42. The van der Waals surface area contributed by atoms with Gasteiger partial charge in [0.15, 0.2) is 0 Å². The molecular weight excluding hydrogens is 262 g/mol. The first-order valence-corrected chi connectivity index (χ1v) is 3.98. The molecule has 0 amide bonds. The third-order valence-electron chi connectivity index (χ3n) is 1.09. The van der Waals surface area contributed by atoms with Gasteiger partial charge in [0.05, 0.1) is 0 Å². The van der Waals surface area contributed by atoms with Crippen LogP contribution in [-0.2, 0) is 37.5 Å². The van der Waals surface area contributed by atoms with Crippen LogP contribution in [0.4, 0.5) is 0 Å². The van der Waals surface area contributed by atoms with Crippen LogP contribution in [0.15, 0.2) is 12.2 Å². The minimum atomic E-state index is -0.833. The summed E-state index contributed by atoms with van der Waals surface area (Å²) in [6.45, 7) is 3.38. The van der Waals surface area contributed by atoms with Crippen molar-refractivity contribution in [3.05, 3.63) is 19.6 Å². The predicted molar refractivity (Wildman–Crippen MR) is 54.8 cm³/mol. The van der Waals surface area contributed by atoms with Crippen molar-refractivity contribution in [2.45, 2.75) is 13.3 Å². The van der Waals surface area contributed by atoms with Gasteiger partial charge >= 0.3 is 0 Å². The van der Waals surface area contributed by atoms with E-state index in [-0.39, 0.29) is 40.1 Å². The molecule has 0 aliphatic carbocycles. The molecule has 0 aromatic carbocycles. The molecule has 0 aromatic rings. The van der Waals surface area contributed by atoms with Crippen LogP contribution in [0.1, 0.15) is 13.3 Å². The summed E-state index contributed by atoms with van der Waals surface area (Å²) in [5.41, 5.74) is 0. The minimum Gasteiger partial charge on any atom is -0.481 e. The van der Waals surface area contributed by atoms with Gasteiger partial charge in [-0.05, 0) is 6.42 Å². The number of carboxylic acids is 1. The van der Waals surface area contributed by atoms with Crippen molar-refractivity contribution < 1.29 is 42.6 Å². The molecule has 1 heterocycles. The van der Waals surface area contributed by atoms with Gasteiger partial charge in [-0.2, -0.15) is 0 Å². The van der Waals surface area contributed by atoms with Crippen LogP contribution >= 0.6 is 9.39 Å². The fourth-order valence-electron chi connectivity index (χ4n) is 0.659. The molecule has 1 aliphatic rings. The Morgan fingerprint density at radius 2 is 2.00 bits per heavy atom. The minimum absolute atomic E-state index is 0. The molecule has 1 N–H and O–H groups in total. The van der Waals surface area contributed by atoms with Crippen LogP contribution in [0, 0.1) is 7.43 Å². The third-order valence-corrected chi connectivity index (χ3v) is 1.56. The van der Waals surface area contributed by atoms with Gasteiger partial charge in [0.1, 0.15) is 0 Å². The molecular formula is C8H17NO2PY-. The molecule has 1 atom stereocenters. The molecule has 3 nitrogen and oxygen atoms in total. The maximum atomic E-state index is 9.00. The SMILES string of the molecule is CC(=O)O.PN1CC=CCC1.[CH3-].[Y]. The Morgan fingerprint density at radius 1 is 1.54 bits per heavy atom. The van der Waals surface area contributed by atoms with Gasteiger partial charge in [-0.3, -0.25) is 9.46 Å². The maximum Gasteiger partial charge on any atom is 0.300 e. The second-order valence-electron chi connectivity index (χ2n) is 2.27. The first-order chi connectivity index (χ1) is 5.13. The van der Waals surface area contributed by atoms with E-state index in [1.165, 1.54) is 13.0 Å². The largest absolute Gasteiger partial charge is 0.481 e. The number of hydrogen-bond acceptors (Lipinski definition) is 2. The number of carbonyl (C=O) groups is 1. The quantitative estimate of drug-likeness (QED) is 0.416. The Morgan fingerprint density at radius 3 is 2.15 bits per heavy atom. The standard InChI is InChI=1S/C5H10NP.C2H4O2.CH3.Y/c7-6-4-2-1-3-5-6;1-2(3)4;;/h1-2H,3-5,7H2;1H3,(H,3,4);1H3;/q;;-1;. The van der Waals surface area contributed by atoms with E-state index >= 15 is 0 Å². The predicted octanol–water partition coefficient (Wildman–Crippen LogP) is 1.58. The van der Waals surface area contributed by atoms with Crippen molar-refractivity contribution in [1.82, 2.24) is 4.67 Å². The molecule has 0 aromatic heterocycles. The molecule has 1 radical (unpaired) electrons. The second-order valence-corrected chi connectivity index (χ2v) is 3.00. The van der Waals surface area contributed by atoms with Gasteiger partial charge in [0.25, 0.3) is 5.97 Å². The molecule has 1 aliphatic heterocycles. The fourth-order valence-corrected chi connectivity index (χ4v) is 0.930. The van der Waals surface area contributed by atoms with E-state index in [2.05, 4.69) is 26.2 Å². The normalized spacial score (nSPS) is 14.3. The van der Waals surface area contributed by atoms with Gasteiger partial charge in [-0.15, -0.1) is 0 Å². The molecule has 1 rings (SSSR count). The molecule has 13 heavy (non-hydrogen) atoms. The number of hydrogen-bond donors (Lipinski definition) is 1. The van der Waals surface area contributed by atoms with Crippen molar-refractivity contribution in [3.63, 3.8) is 0 Å². The van der Waals surface area contributed by atoms with Crippen LogP contribution in [-0.4, -0.2) is 28.8 Å². The van der Waals surface area contributed by atoms with E-state index in [1.54, 1.807) is 0 Å². The van der Waals surface area contributed by atoms with Gasteiger partial charge in [-0.25, -0.2) is 0 Å². The summed E-state index contributed by atoms with van der Waals surface area (Å²) in [4.78, 5) is 9.00. The van der Waals surface area contributed by atoms with Crippen LogP contribution in [0.2, 0.25) is 0 Å². The third kappa shape index (κ3) is 19.2. The van der Waals surface area contributed by atoms with Crippen LogP contribution < -0.4 is 0 Å². The molecule has 0 saturated heterocycles. The molecule has 0 saturated carbocycles. The number of nitrogens with zero attached hydrogens (tertiary/aromatic N) is 1. The average molecular weight is 279 g/mol. The van der Waals surface area contributed by atoms with E-state index < -0.39 is 5.97 Å². The molecule has 0 spiro atoms. The van der Waals surface area contributed by atoms with E-state index in [4.69, 9.17) is 9.90 Å².